The van der Waals surface area contributed by atoms with Crippen LogP contribution in [0.2, 0.25) is 0 Å². The topological polar surface area (TPSA) is 55.8 Å². The van der Waals surface area contributed by atoms with Gasteiger partial charge in [-0.2, -0.15) is 0 Å². The van der Waals surface area contributed by atoms with Crippen LogP contribution in [0.4, 0.5) is 8.78 Å². The summed E-state index contributed by atoms with van der Waals surface area (Å²) in [5, 5.41) is 0. The summed E-state index contributed by atoms with van der Waals surface area (Å²) in [7, 11) is -0.713. The standard InChI is InChI=1S/C14H16BF2NO4/c1-10-4-3-5-11(6-10)7-14(16,17)15-21-12(19)8-18(2)9-13(20)22-15/h3-6H,7-9H2,1-2H3. The molecule has 0 amide bonds. The first-order chi connectivity index (χ1) is 10.3. The number of alkyl halides is 2. The van der Waals surface area contributed by atoms with Crippen LogP contribution in [0.15, 0.2) is 24.3 Å². The second-order valence-corrected chi connectivity index (χ2v) is 5.41. The fraction of sp³-hybridized carbons (Fsp3) is 0.429. The Kier molecular flexibility index (Phi) is 4.80. The molecule has 0 aromatic heterocycles. The Balaban J connectivity index is 2.15. The van der Waals surface area contributed by atoms with Crippen molar-refractivity contribution in [3.8, 4) is 0 Å². The Bertz CT molecular complexity index is 562. The molecular formula is C14H16BF2NO4. The molecule has 0 bridgehead atoms. The second kappa shape index (κ2) is 6.43. The average molecular weight is 311 g/mol. The number of carbonyl (C=O) groups excluding carboxylic acids is 2. The van der Waals surface area contributed by atoms with Gasteiger partial charge in [0.05, 0.1) is 13.1 Å². The number of halogens is 2. The molecule has 1 fully saturated rings. The van der Waals surface area contributed by atoms with E-state index in [0.717, 1.165) is 5.56 Å². The Morgan fingerprint density at radius 1 is 1.23 bits per heavy atom. The van der Waals surface area contributed by atoms with E-state index in [1.807, 2.05) is 0 Å². The molecule has 0 N–H and O–H groups in total. The molecule has 22 heavy (non-hydrogen) atoms. The fourth-order valence-corrected chi connectivity index (χ4v) is 2.18. The molecule has 5 nitrogen and oxygen atoms in total. The SMILES string of the molecule is Cc1cccc(CC(F)(F)B2OC(=O)CN(C)CC(=O)O2)c1. The van der Waals surface area contributed by atoms with Crippen molar-refractivity contribution in [1.29, 1.82) is 0 Å². The number of nitrogens with zero attached hydrogens (tertiary/aromatic N) is 1. The molecule has 0 spiro atoms. The first-order valence-corrected chi connectivity index (χ1v) is 6.77. The van der Waals surface area contributed by atoms with E-state index in [-0.39, 0.29) is 13.1 Å². The third-order valence-electron chi connectivity index (χ3n) is 3.14. The zero-order valence-corrected chi connectivity index (χ0v) is 12.3. The van der Waals surface area contributed by atoms with Crippen molar-refractivity contribution in [2.75, 3.05) is 20.1 Å². The Labute approximate surface area is 127 Å². The molecule has 1 heterocycles. The van der Waals surface area contributed by atoms with E-state index < -0.39 is 31.3 Å². The number of hydrogen-bond donors (Lipinski definition) is 0. The quantitative estimate of drug-likeness (QED) is 0.786. The molecular weight excluding hydrogens is 295 g/mol. The lowest BCUT2D eigenvalue weighted by Gasteiger charge is -2.26. The van der Waals surface area contributed by atoms with Gasteiger partial charge in [0, 0.05) is 6.42 Å². The number of rotatable bonds is 3. The highest BCUT2D eigenvalue weighted by Gasteiger charge is 2.54. The van der Waals surface area contributed by atoms with Gasteiger partial charge >= 0.3 is 24.9 Å². The molecule has 1 aromatic rings. The molecule has 118 valence electrons. The van der Waals surface area contributed by atoms with Gasteiger partial charge in [0.15, 0.2) is 0 Å². The molecule has 1 saturated heterocycles. The van der Waals surface area contributed by atoms with Crippen LogP contribution in [0.5, 0.6) is 0 Å². The summed E-state index contributed by atoms with van der Waals surface area (Å²) in [5.74, 6) is -5.22. The molecule has 0 atom stereocenters. The number of carbonyl (C=O) groups is 2. The molecule has 1 aromatic carbocycles. The van der Waals surface area contributed by atoms with E-state index in [1.54, 1.807) is 31.2 Å². The highest BCUT2D eigenvalue weighted by atomic mass is 19.3. The minimum absolute atomic E-state index is 0.244. The van der Waals surface area contributed by atoms with Crippen molar-refractivity contribution in [2.45, 2.75) is 19.2 Å². The van der Waals surface area contributed by atoms with Gasteiger partial charge < -0.3 is 9.31 Å². The van der Waals surface area contributed by atoms with Gasteiger partial charge in [0.1, 0.15) is 0 Å². The largest absolute Gasteiger partial charge is 0.674 e. The Morgan fingerprint density at radius 3 is 2.36 bits per heavy atom. The first kappa shape index (κ1) is 16.4. The van der Waals surface area contributed by atoms with E-state index in [4.69, 9.17) is 0 Å². The molecule has 0 saturated carbocycles. The lowest BCUT2D eigenvalue weighted by atomic mass is 9.75. The summed E-state index contributed by atoms with van der Waals surface area (Å²) in [6, 6.07) is 6.59. The molecule has 8 heteroatoms. The van der Waals surface area contributed by atoms with Crippen molar-refractivity contribution in [3.05, 3.63) is 35.4 Å². The van der Waals surface area contributed by atoms with Crippen molar-refractivity contribution in [2.24, 2.45) is 0 Å². The van der Waals surface area contributed by atoms with Gasteiger partial charge in [0.25, 0.3) is 0 Å². The molecule has 2 rings (SSSR count). The maximum atomic E-state index is 14.3. The van der Waals surface area contributed by atoms with Gasteiger partial charge in [0.2, 0.25) is 0 Å². The van der Waals surface area contributed by atoms with Gasteiger partial charge in [-0.05, 0) is 19.5 Å². The van der Waals surface area contributed by atoms with Gasteiger partial charge in [-0.25, -0.2) is 8.78 Å². The minimum Gasteiger partial charge on any atom is -0.494 e. The Morgan fingerprint density at radius 2 is 1.82 bits per heavy atom. The lowest BCUT2D eigenvalue weighted by molar-refractivity contribution is -0.149. The zero-order valence-electron chi connectivity index (χ0n) is 12.3. The highest BCUT2D eigenvalue weighted by Crippen LogP contribution is 2.26. The second-order valence-electron chi connectivity index (χ2n) is 5.41. The van der Waals surface area contributed by atoms with Gasteiger partial charge in [-0.3, -0.25) is 14.5 Å². The summed E-state index contributed by atoms with van der Waals surface area (Å²) in [4.78, 5) is 24.4. The molecule has 0 unspecified atom stereocenters. The van der Waals surface area contributed by atoms with Crippen molar-refractivity contribution in [3.63, 3.8) is 0 Å². The average Bonchev–Trinajstić information content (AvgIpc) is 2.35. The van der Waals surface area contributed by atoms with Crippen molar-refractivity contribution in [1.82, 2.24) is 4.90 Å². The first-order valence-electron chi connectivity index (χ1n) is 6.77. The van der Waals surface area contributed by atoms with Crippen molar-refractivity contribution >= 4 is 19.1 Å². The summed E-state index contributed by atoms with van der Waals surface area (Å²) < 4.78 is 37.9. The molecule has 0 aliphatic carbocycles. The van der Waals surface area contributed by atoms with Crippen LogP contribution in [0.1, 0.15) is 11.1 Å². The highest BCUT2D eigenvalue weighted by molar-refractivity contribution is 6.52. The van der Waals surface area contributed by atoms with Crippen LogP contribution in [0.25, 0.3) is 0 Å². The number of benzene rings is 1. The summed E-state index contributed by atoms with van der Waals surface area (Å²) >= 11 is 0. The normalized spacial score (nSPS) is 17.5. The third-order valence-corrected chi connectivity index (χ3v) is 3.14. The van der Waals surface area contributed by atoms with E-state index in [2.05, 4.69) is 9.31 Å². The fourth-order valence-electron chi connectivity index (χ4n) is 2.18. The van der Waals surface area contributed by atoms with Crippen molar-refractivity contribution < 1.29 is 27.7 Å². The lowest BCUT2D eigenvalue weighted by Crippen LogP contribution is -2.52. The van der Waals surface area contributed by atoms with Crippen LogP contribution in [0.3, 0.4) is 0 Å². The maximum Gasteiger partial charge on any atom is 0.674 e. The maximum absolute atomic E-state index is 14.3. The van der Waals surface area contributed by atoms with Gasteiger partial charge in [-0.15, -0.1) is 0 Å². The number of likely N-dealkylation sites (N-methyl/N-ethyl adjacent to an activating group) is 1. The number of hydrogen-bond acceptors (Lipinski definition) is 5. The monoisotopic (exact) mass is 311 g/mol. The predicted octanol–water partition coefficient (Wildman–Crippen LogP) is 1.23. The zero-order chi connectivity index (χ0) is 16.3. The molecule has 1 aliphatic heterocycles. The van der Waals surface area contributed by atoms with E-state index >= 15 is 0 Å². The number of aryl methyl sites for hydroxylation is 1. The van der Waals surface area contributed by atoms with E-state index in [9.17, 15) is 18.4 Å². The molecule has 1 aliphatic rings. The van der Waals surface area contributed by atoms with Crippen LogP contribution in [-0.2, 0) is 25.3 Å². The molecule has 0 radical (unpaired) electrons. The summed E-state index contributed by atoms with van der Waals surface area (Å²) in [6.45, 7) is 1.30. The van der Waals surface area contributed by atoms with Crippen LogP contribution in [-0.4, -0.2) is 49.9 Å². The van der Waals surface area contributed by atoms with Crippen LogP contribution in [0, 0.1) is 6.92 Å². The predicted molar refractivity (Wildman–Crippen MR) is 75.3 cm³/mol. The Hall–Kier alpha value is -1.96. The summed E-state index contributed by atoms with van der Waals surface area (Å²) in [6.07, 6.45) is -0.685. The van der Waals surface area contributed by atoms with E-state index in [0.29, 0.717) is 5.56 Å². The van der Waals surface area contributed by atoms with Crippen LogP contribution < -0.4 is 0 Å². The van der Waals surface area contributed by atoms with Crippen LogP contribution >= 0.6 is 0 Å². The smallest absolute Gasteiger partial charge is 0.494 e. The third kappa shape index (κ3) is 4.27. The van der Waals surface area contributed by atoms with Gasteiger partial charge in [-0.1, -0.05) is 29.8 Å². The summed E-state index contributed by atoms with van der Waals surface area (Å²) in [5.41, 5.74) is 1.21. The van der Waals surface area contributed by atoms with E-state index in [1.165, 1.54) is 11.9 Å². The minimum atomic E-state index is -3.50.